The van der Waals surface area contributed by atoms with Crippen molar-refractivity contribution in [3.05, 3.63) is 53.2 Å². The Kier molecular flexibility index (Phi) is 5.43. The smallest absolute Gasteiger partial charge is 0.255 e. The van der Waals surface area contributed by atoms with Crippen molar-refractivity contribution in [3.63, 3.8) is 0 Å². The van der Waals surface area contributed by atoms with Gasteiger partial charge in [-0.25, -0.2) is 4.98 Å². The summed E-state index contributed by atoms with van der Waals surface area (Å²) < 4.78 is 0. The average molecular weight is 359 g/mol. The van der Waals surface area contributed by atoms with E-state index in [4.69, 9.17) is 11.6 Å². The standard InChI is InChI=1S/C19H23ClN4O/c1-14(2)22-18-7-6-15(13-21-18)19(25)24-10-8-23(9-11-24)17-5-3-4-16(20)12-17/h3-7,12-14H,8-11H2,1-2H3,(H,21,22). The second kappa shape index (κ2) is 7.74. The minimum absolute atomic E-state index is 0.0364. The first-order valence-electron chi connectivity index (χ1n) is 8.55. The van der Waals surface area contributed by atoms with Gasteiger partial charge in [-0.15, -0.1) is 0 Å². The van der Waals surface area contributed by atoms with E-state index in [-0.39, 0.29) is 5.91 Å². The van der Waals surface area contributed by atoms with Gasteiger partial charge >= 0.3 is 0 Å². The van der Waals surface area contributed by atoms with E-state index in [1.54, 1.807) is 6.20 Å². The number of rotatable bonds is 4. The van der Waals surface area contributed by atoms with E-state index in [1.165, 1.54) is 0 Å². The summed E-state index contributed by atoms with van der Waals surface area (Å²) in [6.45, 7) is 7.09. The van der Waals surface area contributed by atoms with Gasteiger partial charge in [-0.1, -0.05) is 17.7 Å². The second-order valence-corrected chi connectivity index (χ2v) is 6.93. The predicted molar refractivity (Wildman–Crippen MR) is 103 cm³/mol. The number of amides is 1. The largest absolute Gasteiger partial charge is 0.368 e. The van der Waals surface area contributed by atoms with Crippen LogP contribution < -0.4 is 10.2 Å². The molecule has 1 aliphatic heterocycles. The molecule has 1 amide bonds. The number of pyridine rings is 1. The normalized spacial score (nSPS) is 14.7. The zero-order chi connectivity index (χ0) is 17.8. The highest BCUT2D eigenvalue weighted by Gasteiger charge is 2.22. The van der Waals surface area contributed by atoms with Gasteiger partial charge in [0, 0.05) is 49.1 Å². The Hall–Kier alpha value is -2.27. The molecule has 0 bridgehead atoms. The van der Waals surface area contributed by atoms with E-state index in [1.807, 2.05) is 41.3 Å². The van der Waals surface area contributed by atoms with Crippen LogP contribution in [0.15, 0.2) is 42.6 Å². The molecule has 2 heterocycles. The fourth-order valence-electron chi connectivity index (χ4n) is 2.92. The quantitative estimate of drug-likeness (QED) is 0.908. The van der Waals surface area contributed by atoms with Gasteiger partial charge in [-0.3, -0.25) is 4.79 Å². The number of piperazine rings is 1. The molecule has 0 spiro atoms. The Morgan fingerprint density at radius 3 is 2.52 bits per heavy atom. The van der Waals surface area contributed by atoms with Crippen molar-refractivity contribution in [3.8, 4) is 0 Å². The summed E-state index contributed by atoms with van der Waals surface area (Å²) in [5.41, 5.74) is 1.73. The van der Waals surface area contributed by atoms with Crippen LogP contribution in [0.25, 0.3) is 0 Å². The fourth-order valence-corrected chi connectivity index (χ4v) is 3.11. The summed E-state index contributed by atoms with van der Waals surface area (Å²) in [6.07, 6.45) is 1.65. The van der Waals surface area contributed by atoms with Crippen LogP contribution in [-0.2, 0) is 0 Å². The minimum atomic E-state index is 0.0364. The molecular weight excluding hydrogens is 336 g/mol. The highest BCUT2D eigenvalue weighted by atomic mass is 35.5. The van der Waals surface area contributed by atoms with Crippen LogP contribution in [0.1, 0.15) is 24.2 Å². The maximum Gasteiger partial charge on any atom is 0.255 e. The Morgan fingerprint density at radius 2 is 1.92 bits per heavy atom. The van der Waals surface area contributed by atoms with Gasteiger partial charge in [0.05, 0.1) is 5.56 Å². The van der Waals surface area contributed by atoms with Crippen molar-refractivity contribution < 1.29 is 4.79 Å². The Balaban J connectivity index is 1.59. The van der Waals surface area contributed by atoms with E-state index in [2.05, 4.69) is 29.0 Å². The van der Waals surface area contributed by atoms with Crippen LogP contribution in [0.3, 0.4) is 0 Å². The van der Waals surface area contributed by atoms with E-state index >= 15 is 0 Å². The van der Waals surface area contributed by atoms with Crippen LogP contribution in [0.4, 0.5) is 11.5 Å². The zero-order valence-corrected chi connectivity index (χ0v) is 15.3. The van der Waals surface area contributed by atoms with Crippen molar-refractivity contribution in [2.24, 2.45) is 0 Å². The predicted octanol–water partition coefficient (Wildman–Crippen LogP) is 3.52. The number of carbonyl (C=O) groups excluding carboxylic acids is 1. The molecule has 5 nitrogen and oxygen atoms in total. The molecule has 3 rings (SSSR count). The van der Waals surface area contributed by atoms with Crippen LogP contribution in [-0.4, -0.2) is 48.0 Å². The maximum absolute atomic E-state index is 12.7. The topological polar surface area (TPSA) is 48.5 Å². The summed E-state index contributed by atoms with van der Waals surface area (Å²) >= 11 is 6.06. The van der Waals surface area contributed by atoms with Crippen LogP contribution in [0.2, 0.25) is 5.02 Å². The van der Waals surface area contributed by atoms with Crippen molar-refractivity contribution in [1.82, 2.24) is 9.88 Å². The number of hydrogen-bond donors (Lipinski definition) is 1. The molecule has 25 heavy (non-hydrogen) atoms. The molecule has 6 heteroatoms. The third kappa shape index (κ3) is 4.42. The third-order valence-electron chi connectivity index (χ3n) is 4.19. The zero-order valence-electron chi connectivity index (χ0n) is 14.6. The Bertz CT molecular complexity index is 724. The van der Waals surface area contributed by atoms with Gasteiger partial charge in [-0.05, 0) is 44.2 Å². The van der Waals surface area contributed by atoms with Gasteiger partial charge in [0.2, 0.25) is 0 Å². The van der Waals surface area contributed by atoms with Gasteiger partial charge in [0.15, 0.2) is 0 Å². The molecule has 1 fully saturated rings. The summed E-state index contributed by atoms with van der Waals surface area (Å²) in [5.74, 6) is 0.826. The van der Waals surface area contributed by atoms with E-state index in [9.17, 15) is 4.79 Å². The number of anilines is 2. The first kappa shape index (κ1) is 17.5. The highest BCUT2D eigenvalue weighted by molar-refractivity contribution is 6.30. The monoisotopic (exact) mass is 358 g/mol. The lowest BCUT2D eigenvalue weighted by Crippen LogP contribution is -2.48. The van der Waals surface area contributed by atoms with E-state index in [0.717, 1.165) is 29.6 Å². The average Bonchev–Trinajstić information content (AvgIpc) is 2.61. The first-order chi connectivity index (χ1) is 12.0. The summed E-state index contributed by atoms with van der Waals surface area (Å²) in [6, 6.07) is 11.8. The lowest BCUT2D eigenvalue weighted by molar-refractivity contribution is 0.0746. The third-order valence-corrected chi connectivity index (χ3v) is 4.42. The minimum Gasteiger partial charge on any atom is -0.368 e. The van der Waals surface area contributed by atoms with Crippen molar-refractivity contribution in [2.75, 3.05) is 36.4 Å². The molecule has 1 saturated heterocycles. The highest BCUT2D eigenvalue weighted by Crippen LogP contribution is 2.21. The molecule has 0 aliphatic carbocycles. The van der Waals surface area contributed by atoms with E-state index in [0.29, 0.717) is 24.7 Å². The number of nitrogens with zero attached hydrogens (tertiary/aromatic N) is 3. The molecule has 0 atom stereocenters. The van der Waals surface area contributed by atoms with Crippen LogP contribution in [0.5, 0.6) is 0 Å². The van der Waals surface area contributed by atoms with Crippen molar-refractivity contribution >= 4 is 29.0 Å². The Labute approximate surface area is 153 Å². The first-order valence-corrected chi connectivity index (χ1v) is 8.93. The molecule has 1 aromatic heterocycles. The Morgan fingerprint density at radius 1 is 1.16 bits per heavy atom. The molecular formula is C19H23ClN4O. The van der Waals surface area contributed by atoms with Gasteiger partial charge in [0.1, 0.15) is 5.82 Å². The van der Waals surface area contributed by atoms with Gasteiger partial charge in [0.25, 0.3) is 5.91 Å². The van der Waals surface area contributed by atoms with Gasteiger partial charge in [-0.2, -0.15) is 0 Å². The molecule has 2 aromatic rings. The number of halogens is 1. The maximum atomic E-state index is 12.7. The summed E-state index contributed by atoms with van der Waals surface area (Å²) in [4.78, 5) is 21.1. The number of aromatic nitrogens is 1. The van der Waals surface area contributed by atoms with Crippen molar-refractivity contribution in [2.45, 2.75) is 19.9 Å². The number of carbonyl (C=O) groups is 1. The molecule has 0 unspecified atom stereocenters. The summed E-state index contributed by atoms with van der Waals surface area (Å²) in [7, 11) is 0. The lowest BCUT2D eigenvalue weighted by atomic mass is 10.2. The number of benzene rings is 1. The fraction of sp³-hybridized carbons (Fsp3) is 0.368. The van der Waals surface area contributed by atoms with Crippen LogP contribution in [0, 0.1) is 0 Å². The molecule has 0 radical (unpaired) electrons. The van der Waals surface area contributed by atoms with Crippen molar-refractivity contribution in [1.29, 1.82) is 0 Å². The number of nitrogens with one attached hydrogen (secondary N) is 1. The van der Waals surface area contributed by atoms with E-state index < -0.39 is 0 Å². The van der Waals surface area contributed by atoms with Gasteiger partial charge < -0.3 is 15.1 Å². The second-order valence-electron chi connectivity index (χ2n) is 6.49. The molecule has 132 valence electrons. The molecule has 1 aromatic carbocycles. The van der Waals surface area contributed by atoms with Crippen LogP contribution >= 0.6 is 11.6 Å². The molecule has 1 N–H and O–H groups in total. The molecule has 0 saturated carbocycles. The number of hydrogen-bond acceptors (Lipinski definition) is 4. The lowest BCUT2D eigenvalue weighted by Gasteiger charge is -2.36. The SMILES string of the molecule is CC(C)Nc1ccc(C(=O)N2CCN(c3cccc(Cl)c3)CC2)cn1. The summed E-state index contributed by atoms with van der Waals surface area (Å²) in [5, 5.41) is 3.96. The molecule has 1 aliphatic rings.